The molecule has 5 nitrogen and oxygen atoms in total. The SMILES string of the molecule is CS(=O)(=O)c1ccc(-n2cc(CO)cn2)cc1. The van der Waals surface area contributed by atoms with Gasteiger partial charge in [0.05, 0.1) is 23.4 Å². The molecule has 0 amide bonds. The van der Waals surface area contributed by atoms with E-state index in [2.05, 4.69) is 5.10 Å². The van der Waals surface area contributed by atoms with Crippen LogP contribution in [0, 0.1) is 0 Å². The van der Waals surface area contributed by atoms with E-state index in [-0.39, 0.29) is 11.5 Å². The molecule has 0 radical (unpaired) electrons. The van der Waals surface area contributed by atoms with Gasteiger partial charge in [0.1, 0.15) is 0 Å². The van der Waals surface area contributed by atoms with Crippen molar-refractivity contribution in [3.63, 3.8) is 0 Å². The summed E-state index contributed by atoms with van der Waals surface area (Å²) < 4.78 is 24.1. The minimum Gasteiger partial charge on any atom is -0.392 e. The molecular weight excluding hydrogens is 240 g/mol. The summed E-state index contributed by atoms with van der Waals surface area (Å²) in [6, 6.07) is 6.41. The van der Waals surface area contributed by atoms with Crippen molar-refractivity contribution in [2.45, 2.75) is 11.5 Å². The molecule has 0 spiro atoms. The highest BCUT2D eigenvalue weighted by atomic mass is 32.2. The molecule has 1 N–H and O–H groups in total. The quantitative estimate of drug-likeness (QED) is 0.875. The van der Waals surface area contributed by atoms with Crippen molar-refractivity contribution in [3.05, 3.63) is 42.2 Å². The molecule has 2 rings (SSSR count). The molecule has 1 heterocycles. The van der Waals surface area contributed by atoms with Crippen molar-refractivity contribution in [2.24, 2.45) is 0 Å². The summed E-state index contributed by atoms with van der Waals surface area (Å²) in [4.78, 5) is 0.274. The van der Waals surface area contributed by atoms with Crippen LogP contribution in [0.5, 0.6) is 0 Å². The zero-order valence-electron chi connectivity index (χ0n) is 9.24. The lowest BCUT2D eigenvalue weighted by molar-refractivity contribution is 0.282. The largest absolute Gasteiger partial charge is 0.392 e. The smallest absolute Gasteiger partial charge is 0.175 e. The van der Waals surface area contributed by atoms with E-state index < -0.39 is 9.84 Å². The number of hydrogen-bond acceptors (Lipinski definition) is 4. The van der Waals surface area contributed by atoms with Crippen LogP contribution in [0.4, 0.5) is 0 Å². The number of aliphatic hydroxyl groups excluding tert-OH is 1. The maximum absolute atomic E-state index is 11.3. The van der Waals surface area contributed by atoms with Crippen LogP contribution in [0.15, 0.2) is 41.6 Å². The van der Waals surface area contributed by atoms with Crippen LogP contribution in [0.2, 0.25) is 0 Å². The monoisotopic (exact) mass is 252 g/mol. The normalized spacial score (nSPS) is 11.6. The highest BCUT2D eigenvalue weighted by Gasteiger charge is 2.07. The Kier molecular flexibility index (Phi) is 2.99. The summed E-state index contributed by atoms with van der Waals surface area (Å²) in [5.41, 5.74) is 1.45. The van der Waals surface area contributed by atoms with E-state index in [1.165, 1.54) is 18.4 Å². The third kappa shape index (κ3) is 2.54. The molecule has 0 aliphatic heterocycles. The second-order valence-electron chi connectivity index (χ2n) is 3.72. The zero-order valence-corrected chi connectivity index (χ0v) is 10.1. The van der Waals surface area contributed by atoms with E-state index in [0.29, 0.717) is 5.56 Å². The Labute approximate surface area is 99.2 Å². The lowest BCUT2D eigenvalue weighted by atomic mass is 10.3. The van der Waals surface area contributed by atoms with Crippen molar-refractivity contribution < 1.29 is 13.5 Å². The summed E-state index contributed by atoms with van der Waals surface area (Å²) in [7, 11) is -3.17. The van der Waals surface area contributed by atoms with E-state index in [9.17, 15) is 8.42 Å². The van der Waals surface area contributed by atoms with Crippen LogP contribution in [0.3, 0.4) is 0 Å². The Morgan fingerprint density at radius 3 is 2.41 bits per heavy atom. The number of rotatable bonds is 3. The van der Waals surface area contributed by atoms with Crippen LogP contribution in [-0.4, -0.2) is 29.6 Å². The van der Waals surface area contributed by atoms with E-state index in [0.717, 1.165) is 5.69 Å². The van der Waals surface area contributed by atoms with Crippen molar-refractivity contribution in [1.29, 1.82) is 0 Å². The Morgan fingerprint density at radius 2 is 1.94 bits per heavy atom. The van der Waals surface area contributed by atoms with Crippen LogP contribution >= 0.6 is 0 Å². The first-order valence-electron chi connectivity index (χ1n) is 4.95. The van der Waals surface area contributed by atoms with Crippen LogP contribution < -0.4 is 0 Å². The molecule has 0 saturated carbocycles. The number of aromatic nitrogens is 2. The van der Waals surface area contributed by atoms with Gasteiger partial charge in [-0.25, -0.2) is 13.1 Å². The molecule has 17 heavy (non-hydrogen) atoms. The van der Waals surface area contributed by atoms with Crippen molar-refractivity contribution in [2.75, 3.05) is 6.26 Å². The predicted molar refractivity (Wildman–Crippen MR) is 62.6 cm³/mol. The molecule has 1 aromatic heterocycles. The maximum Gasteiger partial charge on any atom is 0.175 e. The molecular formula is C11H12N2O3S. The fourth-order valence-corrected chi connectivity index (χ4v) is 2.06. The van der Waals surface area contributed by atoms with Gasteiger partial charge in [-0.1, -0.05) is 0 Å². The van der Waals surface area contributed by atoms with Crippen LogP contribution in [0.1, 0.15) is 5.56 Å². The van der Waals surface area contributed by atoms with E-state index in [1.54, 1.807) is 29.2 Å². The molecule has 0 aliphatic rings. The number of aliphatic hydroxyl groups is 1. The standard InChI is InChI=1S/C11H12N2O3S/c1-17(15,16)11-4-2-10(3-5-11)13-7-9(8-14)6-12-13/h2-7,14H,8H2,1H3. The summed E-state index contributed by atoms with van der Waals surface area (Å²) in [6.45, 7) is -0.0680. The van der Waals surface area contributed by atoms with E-state index >= 15 is 0 Å². The summed E-state index contributed by atoms with van der Waals surface area (Å²) in [5.74, 6) is 0. The van der Waals surface area contributed by atoms with Crippen molar-refractivity contribution in [1.82, 2.24) is 9.78 Å². The summed E-state index contributed by atoms with van der Waals surface area (Å²) >= 11 is 0. The van der Waals surface area contributed by atoms with Gasteiger partial charge in [0.2, 0.25) is 0 Å². The summed E-state index contributed by atoms with van der Waals surface area (Å²) in [6.07, 6.45) is 4.42. The lowest BCUT2D eigenvalue weighted by Crippen LogP contribution is -1.99. The van der Waals surface area contributed by atoms with Crippen LogP contribution in [-0.2, 0) is 16.4 Å². The highest BCUT2D eigenvalue weighted by Crippen LogP contribution is 2.13. The molecule has 0 bridgehead atoms. The van der Waals surface area contributed by atoms with Gasteiger partial charge < -0.3 is 5.11 Å². The van der Waals surface area contributed by atoms with Gasteiger partial charge in [-0.15, -0.1) is 0 Å². The first kappa shape index (κ1) is 11.8. The van der Waals surface area contributed by atoms with Gasteiger partial charge in [0, 0.05) is 18.0 Å². The second kappa shape index (κ2) is 4.31. The Morgan fingerprint density at radius 1 is 1.29 bits per heavy atom. The average molecular weight is 252 g/mol. The minimum absolute atomic E-state index is 0.0680. The van der Waals surface area contributed by atoms with Crippen molar-refractivity contribution in [3.8, 4) is 5.69 Å². The zero-order chi connectivity index (χ0) is 12.5. The Balaban J connectivity index is 2.35. The van der Waals surface area contributed by atoms with Gasteiger partial charge in [0.25, 0.3) is 0 Å². The highest BCUT2D eigenvalue weighted by molar-refractivity contribution is 7.90. The fraction of sp³-hybridized carbons (Fsp3) is 0.182. The van der Waals surface area contributed by atoms with Gasteiger partial charge in [-0.2, -0.15) is 5.10 Å². The minimum atomic E-state index is -3.17. The van der Waals surface area contributed by atoms with E-state index in [4.69, 9.17) is 5.11 Å². The van der Waals surface area contributed by atoms with Gasteiger partial charge in [-0.3, -0.25) is 0 Å². The first-order chi connectivity index (χ1) is 8.00. The molecule has 2 aromatic rings. The van der Waals surface area contributed by atoms with Crippen molar-refractivity contribution >= 4 is 9.84 Å². The fourth-order valence-electron chi connectivity index (χ4n) is 1.43. The van der Waals surface area contributed by atoms with E-state index in [1.807, 2.05) is 0 Å². The average Bonchev–Trinajstić information content (AvgIpc) is 2.76. The predicted octanol–water partition coefficient (Wildman–Crippen LogP) is 0.768. The number of hydrogen-bond donors (Lipinski definition) is 1. The Hall–Kier alpha value is -1.66. The number of sulfone groups is 1. The molecule has 90 valence electrons. The molecule has 1 aromatic carbocycles. The summed E-state index contributed by atoms with van der Waals surface area (Å²) in [5, 5.41) is 13.0. The first-order valence-corrected chi connectivity index (χ1v) is 6.85. The maximum atomic E-state index is 11.3. The lowest BCUT2D eigenvalue weighted by Gasteiger charge is -2.02. The van der Waals surface area contributed by atoms with Gasteiger partial charge in [-0.05, 0) is 24.3 Å². The topological polar surface area (TPSA) is 72.2 Å². The third-order valence-corrected chi connectivity index (χ3v) is 3.48. The number of nitrogens with zero attached hydrogens (tertiary/aromatic N) is 2. The molecule has 0 atom stereocenters. The molecule has 0 aliphatic carbocycles. The molecule has 6 heteroatoms. The van der Waals surface area contributed by atoms with Gasteiger partial charge >= 0.3 is 0 Å². The molecule has 0 saturated heterocycles. The number of benzene rings is 1. The van der Waals surface area contributed by atoms with Gasteiger partial charge in [0.15, 0.2) is 9.84 Å². The molecule has 0 fully saturated rings. The van der Waals surface area contributed by atoms with Crippen LogP contribution in [0.25, 0.3) is 5.69 Å². The third-order valence-electron chi connectivity index (χ3n) is 2.35. The molecule has 0 unspecified atom stereocenters. The Bertz CT molecular complexity index is 614. The second-order valence-corrected chi connectivity index (χ2v) is 5.73.